The molecule has 1 aromatic rings. The summed E-state index contributed by atoms with van der Waals surface area (Å²) in [5, 5.41) is 12.5. The van der Waals surface area contributed by atoms with Gasteiger partial charge in [0.15, 0.2) is 0 Å². The van der Waals surface area contributed by atoms with Gasteiger partial charge in [-0.3, -0.25) is 0 Å². The lowest BCUT2D eigenvalue weighted by atomic mass is 9.81. The number of rotatable bonds is 6. The molecule has 1 aliphatic rings. The van der Waals surface area contributed by atoms with Gasteiger partial charge in [-0.1, -0.05) is 50.8 Å². The minimum Gasteiger partial charge on any atom is -0.478 e. The Bertz CT molecular complexity index is 436. The van der Waals surface area contributed by atoms with E-state index in [2.05, 4.69) is 12.2 Å². The number of carbonyl (C=O) groups is 1. The average Bonchev–Trinajstić information content (AvgIpc) is 2.46. The third-order valence-electron chi connectivity index (χ3n) is 4.43. The molecular weight excluding hydrogens is 250 g/mol. The van der Waals surface area contributed by atoms with Gasteiger partial charge >= 0.3 is 5.97 Å². The summed E-state index contributed by atoms with van der Waals surface area (Å²) in [6, 6.07) is 7.22. The van der Waals surface area contributed by atoms with Crippen molar-refractivity contribution in [2.45, 2.75) is 45.6 Å². The van der Waals surface area contributed by atoms with E-state index in [1.54, 1.807) is 12.1 Å². The molecule has 0 aliphatic heterocycles. The van der Waals surface area contributed by atoms with Crippen LogP contribution >= 0.6 is 0 Å². The zero-order valence-corrected chi connectivity index (χ0v) is 12.3. The topological polar surface area (TPSA) is 49.3 Å². The SMILES string of the molecule is CC1CCC(CCNCc2ccccc2C(=O)O)CC1. The molecule has 2 N–H and O–H groups in total. The van der Waals surface area contributed by atoms with Crippen LogP contribution in [0.4, 0.5) is 0 Å². The Morgan fingerprint density at radius 1 is 1.25 bits per heavy atom. The Hall–Kier alpha value is -1.35. The molecular formula is C17H25NO2. The molecule has 1 aliphatic carbocycles. The van der Waals surface area contributed by atoms with Crippen molar-refractivity contribution in [3.8, 4) is 0 Å². The highest BCUT2D eigenvalue weighted by Crippen LogP contribution is 2.29. The summed E-state index contributed by atoms with van der Waals surface area (Å²) in [4.78, 5) is 11.1. The van der Waals surface area contributed by atoms with Gasteiger partial charge in [-0.15, -0.1) is 0 Å². The Kier molecular flexibility index (Phi) is 5.60. The fourth-order valence-electron chi connectivity index (χ4n) is 3.03. The summed E-state index contributed by atoms with van der Waals surface area (Å²) in [6.45, 7) is 3.97. The van der Waals surface area contributed by atoms with Crippen LogP contribution in [0.1, 0.15) is 54.9 Å². The lowest BCUT2D eigenvalue weighted by Gasteiger charge is -2.26. The van der Waals surface area contributed by atoms with Crippen LogP contribution in [-0.2, 0) is 6.54 Å². The van der Waals surface area contributed by atoms with E-state index < -0.39 is 5.97 Å². The van der Waals surface area contributed by atoms with Crippen molar-refractivity contribution >= 4 is 5.97 Å². The number of carboxylic acids is 1. The van der Waals surface area contributed by atoms with E-state index in [-0.39, 0.29) is 0 Å². The van der Waals surface area contributed by atoms with Gasteiger partial charge in [-0.2, -0.15) is 0 Å². The van der Waals surface area contributed by atoms with Crippen molar-refractivity contribution in [3.05, 3.63) is 35.4 Å². The molecule has 0 atom stereocenters. The average molecular weight is 275 g/mol. The van der Waals surface area contributed by atoms with Crippen LogP contribution in [-0.4, -0.2) is 17.6 Å². The molecule has 0 unspecified atom stereocenters. The largest absolute Gasteiger partial charge is 0.478 e. The first-order valence-corrected chi connectivity index (χ1v) is 7.68. The lowest BCUT2D eigenvalue weighted by molar-refractivity contribution is 0.0695. The van der Waals surface area contributed by atoms with Gasteiger partial charge in [-0.25, -0.2) is 4.79 Å². The first kappa shape index (κ1) is 15.0. The van der Waals surface area contributed by atoms with Gasteiger partial charge in [-0.05, 0) is 36.4 Å². The molecule has 0 amide bonds. The molecule has 1 fully saturated rings. The van der Waals surface area contributed by atoms with Crippen LogP contribution in [0.3, 0.4) is 0 Å². The molecule has 0 aromatic heterocycles. The van der Waals surface area contributed by atoms with Crippen LogP contribution < -0.4 is 5.32 Å². The van der Waals surface area contributed by atoms with Gasteiger partial charge in [0.05, 0.1) is 5.56 Å². The molecule has 20 heavy (non-hydrogen) atoms. The van der Waals surface area contributed by atoms with Gasteiger partial charge in [0.1, 0.15) is 0 Å². The third kappa shape index (κ3) is 4.34. The summed E-state index contributed by atoms with van der Waals surface area (Å²) >= 11 is 0. The van der Waals surface area contributed by atoms with Gasteiger partial charge < -0.3 is 10.4 Å². The predicted octanol–water partition coefficient (Wildman–Crippen LogP) is 3.69. The van der Waals surface area contributed by atoms with E-state index in [1.165, 1.54) is 32.1 Å². The molecule has 0 spiro atoms. The summed E-state index contributed by atoms with van der Waals surface area (Å²) in [6.07, 6.45) is 6.66. The number of hydrogen-bond acceptors (Lipinski definition) is 2. The van der Waals surface area contributed by atoms with Crippen LogP contribution in [0, 0.1) is 11.8 Å². The van der Waals surface area contributed by atoms with Crippen molar-refractivity contribution in [1.29, 1.82) is 0 Å². The predicted molar refractivity (Wildman–Crippen MR) is 80.8 cm³/mol. The van der Waals surface area contributed by atoms with E-state index in [0.717, 1.165) is 23.9 Å². The zero-order chi connectivity index (χ0) is 14.4. The highest BCUT2D eigenvalue weighted by Gasteiger charge is 2.17. The van der Waals surface area contributed by atoms with Crippen molar-refractivity contribution < 1.29 is 9.90 Å². The standard InChI is InChI=1S/C17H25NO2/c1-13-6-8-14(9-7-13)10-11-18-12-15-4-2-3-5-16(15)17(19)20/h2-5,13-14,18H,6-12H2,1H3,(H,19,20). The minimum atomic E-state index is -0.844. The quantitative estimate of drug-likeness (QED) is 0.778. The molecule has 1 aromatic carbocycles. The second-order valence-corrected chi connectivity index (χ2v) is 6.05. The maximum Gasteiger partial charge on any atom is 0.336 e. The fourth-order valence-corrected chi connectivity index (χ4v) is 3.03. The number of benzene rings is 1. The van der Waals surface area contributed by atoms with E-state index in [0.29, 0.717) is 12.1 Å². The van der Waals surface area contributed by atoms with Crippen molar-refractivity contribution in [3.63, 3.8) is 0 Å². The lowest BCUT2D eigenvalue weighted by Crippen LogP contribution is -2.21. The monoisotopic (exact) mass is 275 g/mol. The van der Waals surface area contributed by atoms with Gasteiger partial charge in [0.25, 0.3) is 0 Å². The first-order valence-electron chi connectivity index (χ1n) is 7.68. The molecule has 0 saturated heterocycles. The molecule has 1 saturated carbocycles. The summed E-state index contributed by atoms with van der Waals surface area (Å²) in [5.41, 5.74) is 1.28. The fraction of sp³-hybridized carbons (Fsp3) is 0.588. The zero-order valence-electron chi connectivity index (χ0n) is 12.3. The second kappa shape index (κ2) is 7.44. The van der Waals surface area contributed by atoms with E-state index in [9.17, 15) is 4.79 Å². The van der Waals surface area contributed by atoms with E-state index in [4.69, 9.17) is 5.11 Å². The first-order chi connectivity index (χ1) is 9.66. The minimum absolute atomic E-state index is 0.409. The van der Waals surface area contributed by atoms with Gasteiger partial charge in [0.2, 0.25) is 0 Å². The summed E-state index contributed by atoms with van der Waals surface area (Å²) in [5.74, 6) is 0.915. The Morgan fingerprint density at radius 3 is 2.65 bits per heavy atom. The highest BCUT2D eigenvalue weighted by atomic mass is 16.4. The molecule has 0 heterocycles. The molecule has 2 rings (SSSR count). The molecule has 110 valence electrons. The van der Waals surface area contributed by atoms with Crippen LogP contribution in [0.5, 0.6) is 0 Å². The number of hydrogen-bond donors (Lipinski definition) is 2. The van der Waals surface area contributed by atoms with Crippen molar-refractivity contribution in [2.24, 2.45) is 11.8 Å². The molecule has 0 radical (unpaired) electrons. The summed E-state index contributed by atoms with van der Waals surface area (Å²) in [7, 11) is 0. The van der Waals surface area contributed by atoms with Crippen LogP contribution in [0.15, 0.2) is 24.3 Å². The highest BCUT2D eigenvalue weighted by molar-refractivity contribution is 5.89. The molecule has 3 nitrogen and oxygen atoms in total. The maximum absolute atomic E-state index is 11.1. The van der Waals surface area contributed by atoms with Crippen LogP contribution in [0.25, 0.3) is 0 Å². The van der Waals surface area contributed by atoms with Crippen molar-refractivity contribution in [2.75, 3.05) is 6.54 Å². The number of carboxylic acid groups (broad SMARTS) is 1. The van der Waals surface area contributed by atoms with E-state index in [1.807, 2.05) is 12.1 Å². The second-order valence-electron chi connectivity index (χ2n) is 6.05. The van der Waals surface area contributed by atoms with Crippen molar-refractivity contribution in [1.82, 2.24) is 5.32 Å². The number of nitrogens with one attached hydrogen (secondary N) is 1. The molecule has 3 heteroatoms. The summed E-state index contributed by atoms with van der Waals surface area (Å²) < 4.78 is 0. The molecule has 0 bridgehead atoms. The Labute approximate surface area is 121 Å². The van der Waals surface area contributed by atoms with Gasteiger partial charge in [0, 0.05) is 6.54 Å². The maximum atomic E-state index is 11.1. The Morgan fingerprint density at radius 2 is 1.95 bits per heavy atom. The Balaban J connectivity index is 1.72. The number of aromatic carboxylic acids is 1. The van der Waals surface area contributed by atoms with E-state index >= 15 is 0 Å². The van der Waals surface area contributed by atoms with Crippen LogP contribution in [0.2, 0.25) is 0 Å². The third-order valence-corrected chi connectivity index (χ3v) is 4.43. The smallest absolute Gasteiger partial charge is 0.336 e. The normalized spacial score (nSPS) is 22.6.